The van der Waals surface area contributed by atoms with E-state index in [0.29, 0.717) is 11.1 Å². The number of nitrogens with zero attached hydrogens (tertiary/aromatic N) is 2. The zero-order valence-electron chi connectivity index (χ0n) is 8.83. The van der Waals surface area contributed by atoms with Crippen LogP contribution in [-0.2, 0) is 0 Å². The number of aryl methyl sites for hydroxylation is 2. The summed E-state index contributed by atoms with van der Waals surface area (Å²) in [7, 11) is 0. The number of pyridine rings is 2. The van der Waals surface area contributed by atoms with Crippen LogP contribution in [0.1, 0.15) is 16.8 Å². The molecule has 0 aliphatic carbocycles. The SMILES string of the molecule is Cc1cc(C)c2c(O)[nH]c(=O)c(C#N)c2n1. The summed E-state index contributed by atoms with van der Waals surface area (Å²) in [6.07, 6.45) is 0. The van der Waals surface area contributed by atoms with E-state index in [1.165, 1.54) is 0 Å². The van der Waals surface area contributed by atoms with Gasteiger partial charge < -0.3 is 5.11 Å². The molecule has 0 aromatic carbocycles. The van der Waals surface area contributed by atoms with E-state index < -0.39 is 5.56 Å². The minimum atomic E-state index is -0.620. The summed E-state index contributed by atoms with van der Waals surface area (Å²) in [5, 5.41) is 19.0. The first-order valence-electron chi connectivity index (χ1n) is 4.68. The van der Waals surface area contributed by atoms with Crippen LogP contribution >= 0.6 is 0 Å². The normalized spacial score (nSPS) is 10.3. The molecule has 2 aromatic rings. The van der Waals surface area contributed by atoms with Crippen molar-refractivity contribution in [3.63, 3.8) is 0 Å². The third-order valence-corrected chi connectivity index (χ3v) is 2.39. The molecule has 80 valence electrons. The van der Waals surface area contributed by atoms with Crippen molar-refractivity contribution in [1.82, 2.24) is 9.97 Å². The van der Waals surface area contributed by atoms with Crippen molar-refractivity contribution in [2.45, 2.75) is 13.8 Å². The fourth-order valence-electron chi connectivity index (χ4n) is 1.76. The lowest BCUT2D eigenvalue weighted by Crippen LogP contribution is -2.11. The second kappa shape index (κ2) is 3.35. The Hall–Kier alpha value is -2.35. The molecule has 0 fully saturated rings. The minimum absolute atomic E-state index is 0.0698. The lowest BCUT2D eigenvalue weighted by molar-refractivity contribution is 0.458. The van der Waals surface area contributed by atoms with Crippen LogP contribution in [0, 0.1) is 25.2 Å². The van der Waals surface area contributed by atoms with Gasteiger partial charge in [-0.2, -0.15) is 5.26 Å². The molecular weight excluding hydrogens is 206 g/mol. The van der Waals surface area contributed by atoms with E-state index in [4.69, 9.17) is 5.26 Å². The zero-order chi connectivity index (χ0) is 11.9. The van der Waals surface area contributed by atoms with Gasteiger partial charge >= 0.3 is 0 Å². The highest BCUT2D eigenvalue weighted by molar-refractivity contribution is 5.90. The van der Waals surface area contributed by atoms with Crippen LogP contribution in [0.25, 0.3) is 10.9 Å². The van der Waals surface area contributed by atoms with Crippen molar-refractivity contribution in [2.24, 2.45) is 0 Å². The summed E-state index contributed by atoms with van der Waals surface area (Å²) >= 11 is 0. The van der Waals surface area contributed by atoms with Crippen molar-refractivity contribution in [3.05, 3.63) is 33.2 Å². The van der Waals surface area contributed by atoms with E-state index in [1.54, 1.807) is 26.0 Å². The van der Waals surface area contributed by atoms with E-state index in [9.17, 15) is 9.90 Å². The maximum atomic E-state index is 11.4. The molecule has 0 unspecified atom stereocenters. The first kappa shape index (κ1) is 10.2. The Balaban J connectivity index is 3.13. The standard InChI is InChI=1S/C11H9N3O2/c1-5-3-6(2)13-9-7(4-12)10(15)14-11(16)8(5)9/h3H,1-2H3,(H2,14,15,16). The summed E-state index contributed by atoms with van der Waals surface area (Å²) < 4.78 is 0. The number of aromatic amines is 1. The average molecular weight is 215 g/mol. The summed E-state index contributed by atoms with van der Waals surface area (Å²) in [4.78, 5) is 17.8. The topological polar surface area (TPSA) is 89.8 Å². The van der Waals surface area contributed by atoms with E-state index in [-0.39, 0.29) is 17.0 Å². The van der Waals surface area contributed by atoms with Crippen LogP contribution in [0.4, 0.5) is 0 Å². The number of aromatic hydroxyl groups is 1. The largest absolute Gasteiger partial charge is 0.494 e. The first-order valence-corrected chi connectivity index (χ1v) is 4.68. The number of rotatable bonds is 0. The molecule has 16 heavy (non-hydrogen) atoms. The van der Waals surface area contributed by atoms with Crippen molar-refractivity contribution < 1.29 is 5.11 Å². The third-order valence-electron chi connectivity index (χ3n) is 2.39. The summed E-state index contributed by atoms with van der Waals surface area (Å²) in [5.74, 6) is -0.246. The molecule has 0 radical (unpaired) electrons. The highest BCUT2D eigenvalue weighted by atomic mass is 16.3. The van der Waals surface area contributed by atoms with Crippen molar-refractivity contribution >= 4 is 10.9 Å². The number of hydrogen-bond acceptors (Lipinski definition) is 4. The molecule has 0 bridgehead atoms. The van der Waals surface area contributed by atoms with Crippen molar-refractivity contribution in [1.29, 1.82) is 5.26 Å². The Morgan fingerprint density at radius 1 is 1.50 bits per heavy atom. The second-order valence-corrected chi connectivity index (χ2v) is 3.59. The molecule has 2 heterocycles. The van der Waals surface area contributed by atoms with Gasteiger partial charge in [-0.15, -0.1) is 0 Å². The molecule has 2 rings (SSSR count). The fraction of sp³-hybridized carbons (Fsp3) is 0.182. The highest BCUT2D eigenvalue weighted by Crippen LogP contribution is 2.25. The molecular formula is C11H9N3O2. The molecule has 0 amide bonds. The monoisotopic (exact) mass is 215 g/mol. The van der Waals surface area contributed by atoms with Gasteiger partial charge in [-0.25, -0.2) is 0 Å². The number of hydrogen-bond donors (Lipinski definition) is 2. The molecule has 0 aliphatic rings. The smallest absolute Gasteiger partial charge is 0.270 e. The molecule has 0 saturated carbocycles. The quantitative estimate of drug-likeness (QED) is 0.689. The predicted molar refractivity (Wildman–Crippen MR) is 58.2 cm³/mol. The average Bonchev–Trinajstić information content (AvgIpc) is 2.15. The number of fused-ring (bicyclic) bond motifs is 1. The predicted octanol–water partition coefficient (Wildman–Crippen LogP) is 1.12. The fourth-order valence-corrected chi connectivity index (χ4v) is 1.76. The molecule has 0 aliphatic heterocycles. The number of nitrogens with one attached hydrogen (secondary N) is 1. The van der Waals surface area contributed by atoms with Crippen molar-refractivity contribution in [3.8, 4) is 11.9 Å². The molecule has 2 N–H and O–H groups in total. The lowest BCUT2D eigenvalue weighted by atomic mass is 10.1. The Morgan fingerprint density at radius 3 is 2.81 bits per heavy atom. The van der Waals surface area contributed by atoms with Gasteiger partial charge in [0.15, 0.2) is 0 Å². The van der Waals surface area contributed by atoms with E-state index in [2.05, 4.69) is 9.97 Å². The third kappa shape index (κ3) is 1.32. The van der Waals surface area contributed by atoms with Gasteiger partial charge in [0.25, 0.3) is 5.56 Å². The van der Waals surface area contributed by atoms with Gasteiger partial charge in [-0.05, 0) is 25.5 Å². The Labute approximate surface area is 91.0 Å². The number of aromatic nitrogens is 2. The number of nitriles is 1. The van der Waals surface area contributed by atoms with Crippen LogP contribution in [0.2, 0.25) is 0 Å². The Morgan fingerprint density at radius 2 is 2.19 bits per heavy atom. The first-order chi connectivity index (χ1) is 7.54. The molecule has 5 nitrogen and oxygen atoms in total. The van der Waals surface area contributed by atoms with Gasteiger partial charge in [0.05, 0.1) is 10.9 Å². The molecule has 0 spiro atoms. The van der Waals surface area contributed by atoms with Gasteiger partial charge in [-0.1, -0.05) is 0 Å². The summed E-state index contributed by atoms with van der Waals surface area (Å²) in [6, 6.07) is 3.58. The second-order valence-electron chi connectivity index (χ2n) is 3.59. The van der Waals surface area contributed by atoms with Gasteiger partial charge in [0.1, 0.15) is 11.6 Å². The van der Waals surface area contributed by atoms with Crippen LogP contribution < -0.4 is 5.56 Å². The van der Waals surface area contributed by atoms with Gasteiger partial charge in [0.2, 0.25) is 5.88 Å². The summed E-state index contributed by atoms with van der Waals surface area (Å²) in [6.45, 7) is 3.56. The zero-order valence-corrected chi connectivity index (χ0v) is 8.83. The minimum Gasteiger partial charge on any atom is -0.494 e. The maximum absolute atomic E-state index is 11.4. The molecule has 5 heteroatoms. The van der Waals surface area contributed by atoms with Gasteiger partial charge in [-0.3, -0.25) is 14.8 Å². The Bertz CT molecular complexity index is 680. The summed E-state index contributed by atoms with van der Waals surface area (Å²) in [5.41, 5.74) is 1.03. The number of H-pyrrole nitrogens is 1. The van der Waals surface area contributed by atoms with Crippen LogP contribution in [0.15, 0.2) is 10.9 Å². The van der Waals surface area contributed by atoms with Crippen LogP contribution in [0.5, 0.6) is 5.88 Å². The molecule has 0 saturated heterocycles. The van der Waals surface area contributed by atoms with Crippen LogP contribution in [0.3, 0.4) is 0 Å². The van der Waals surface area contributed by atoms with Crippen LogP contribution in [-0.4, -0.2) is 15.1 Å². The lowest BCUT2D eigenvalue weighted by Gasteiger charge is -2.06. The van der Waals surface area contributed by atoms with E-state index in [1.807, 2.05) is 0 Å². The van der Waals surface area contributed by atoms with Crippen molar-refractivity contribution in [2.75, 3.05) is 0 Å². The van der Waals surface area contributed by atoms with E-state index in [0.717, 1.165) is 5.56 Å². The highest BCUT2D eigenvalue weighted by Gasteiger charge is 2.13. The van der Waals surface area contributed by atoms with Gasteiger partial charge in [0, 0.05) is 5.69 Å². The molecule has 2 aromatic heterocycles. The molecule has 0 atom stereocenters. The Kier molecular flexibility index (Phi) is 2.13. The maximum Gasteiger partial charge on any atom is 0.270 e. The van der Waals surface area contributed by atoms with E-state index >= 15 is 0 Å².